The van der Waals surface area contributed by atoms with Gasteiger partial charge in [-0.25, -0.2) is 8.78 Å². The van der Waals surface area contributed by atoms with E-state index < -0.39 is 23.1 Å². The minimum atomic E-state index is -0.844. The Balaban J connectivity index is 2.04. The fourth-order valence-corrected chi connectivity index (χ4v) is 3.00. The van der Waals surface area contributed by atoms with Crippen LogP contribution in [-0.4, -0.2) is 12.5 Å². The highest BCUT2D eigenvalue weighted by atomic mass is 79.9. The van der Waals surface area contributed by atoms with Gasteiger partial charge in [-0.05, 0) is 30.4 Å². The van der Waals surface area contributed by atoms with Crippen LogP contribution in [0.1, 0.15) is 36.5 Å². The molecular formula is C14H16BrF2NO. The number of carbonyl (C=O) groups is 1. The minimum absolute atomic E-state index is 0.281. The van der Waals surface area contributed by atoms with E-state index in [1.54, 1.807) is 0 Å². The summed E-state index contributed by atoms with van der Waals surface area (Å²) in [5.41, 5.74) is -0.506. The second-order valence-corrected chi connectivity index (χ2v) is 6.04. The maximum atomic E-state index is 13.6. The van der Waals surface area contributed by atoms with Crippen LogP contribution in [-0.2, 0) is 0 Å². The zero-order valence-electron chi connectivity index (χ0n) is 10.7. The maximum Gasteiger partial charge on any atom is 0.257 e. The molecule has 0 heterocycles. The number of halogens is 3. The van der Waals surface area contributed by atoms with Crippen molar-refractivity contribution in [1.29, 1.82) is 0 Å². The van der Waals surface area contributed by atoms with Crippen molar-refractivity contribution in [3.63, 3.8) is 0 Å². The molecule has 1 aromatic carbocycles. The standard InChI is InChI=1S/C14H16BrF2NO/c1-8-3-2-4-9(8)7-18-14(19)13-11(16)5-10(15)6-12(13)17/h5-6,8-9H,2-4,7H2,1H3,(H,18,19). The summed E-state index contributed by atoms with van der Waals surface area (Å²) in [5.74, 6) is -1.40. The fraction of sp³-hybridized carbons (Fsp3) is 0.500. The Labute approximate surface area is 119 Å². The molecule has 2 unspecified atom stereocenters. The zero-order valence-corrected chi connectivity index (χ0v) is 12.3. The molecule has 0 aliphatic heterocycles. The van der Waals surface area contributed by atoms with Gasteiger partial charge >= 0.3 is 0 Å². The molecule has 1 fully saturated rings. The fourth-order valence-electron chi connectivity index (χ4n) is 2.60. The first kappa shape index (κ1) is 14.4. The SMILES string of the molecule is CC1CCCC1CNC(=O)c1c(F)cc(Br)cc1F. The average Bonchev–Trinajstić information content (AvgIpc) is 2.70. The maximum absolute atomic E-state index is 13.6. The second-order valence-electron chi connectivity index (χ2n) is 5.12. The van der Waals surface area contributed by atoms with Gasteiger partial charge in [0.1, 0.15) is 17.2 Å². The molecule has 0 aromatic heterocycles. The Morgan fingerprint density at radius 1 is 1.37 bits per heavy atom. The van der Waals surface area contributed by atoms with Crippen LogP contribution in [0.3, 0.4) is 0 Å². The summed E-state index contributed by atoms with van der Waals surface area (Å²) in [7, 11) is 0. The lowest BCUT2D eigenvalue weighted by Crippen LogP contribution is -2.31. The first-order chi connectivity index (χ1) is 8.99. The van der Waals surface area contributed by atoms with Crippen LogP contribution in [0.5, 0.6) is 0 Å². The number of rotatable bonds is 3. The molecule has 1 aliphatic rings. The smallest absolute Gasteiger partial charge is 0.257 e. The van der Waals surface area contributed by atoms with E-state index in [1.807, 2.05) is 0 Å². The number of hydrogen-bond donors (Lipinski definition) is 1. The number of carbonyl (C=O) groups excluding carboxylic acids is 1. The summed E-state index contributed by atoms with van der Waals surface area (Å²) in [5, 5.41) is 2.64. The lowest BCUT2D eigenvalue weighted by Gasteiger charge is -2.16. The summed E-state index contributed by atoms with van der Waals surface area (Å²) < 4.78 is 27.5. The van der Waals surface area contributed by atoms with Crippen LogP contribution in [0.4, 0.5) is 8.78 Å². The van der Waals surface area contributed by atoms with Crippen LogP contribution in [0.15, 0.2) is 16.6 Å². The number of hydrogen-bond acceptors (Lipinski definition) is 1. The quantitative estimate of drug-likeness (QED) is 0.894. The number of nitrogens with one attached hydrogen (secondary N) is 1. The summed E-state index contributed by atoms with van der Waals surface area (Å²) in [6, 6.07) is 2.19. The van der Waals surface area contributed by atoms with Gasteiger partial charge in [-0.3, -0.25) is 4.79 Å². The van der Waals surface area contributed by atoms with Gasteiger partial charge in [-0.2, -0.15) is 0 Å². The Kier molecular flexibility index (Phi) is 4.55. The van der Waals surface area contributed by atoms with E-state index >= 15 is 0 Å². The van der Waals surface area contributed by atoms with Gasteiger partial charge in [0.2, 0.25) is 0 Å². The van der Waals surface area contributed by atoms with Gasteiger partial charge in [0.25, 0.3) is 5.91 Å². The van der Waals surface area contributed by atoms with Crippen molar-refractivity contribution in [3.8, 4) is 0 Å². The molecule has 5 heteroatoms. The molecule has 1 N–H and O–H groups in total. The highest BCUT2D eigenvalue weighted by Gasteiger charge is 2.25. The molecule has 0 spiro atoms. The van der Waals surface area contributed by atoms with Gasteiger partial charge in [0.15, 0.2) is 0 Å². The highest BCUT2D eigenvalue weighted by molar-refractivity contribution is 9.10. The molecule has 2 atom stereocenters. The van der Waals surface area contributed by atoms with Gasteiger partial charge in [0.05, 0.1) is 0 Å². The van der Waals surface area contributed by atoms with E-state index in [0.717, 1.165) is 31.4 Å². The minimum Gasteiger partial charge on any atom is -0.352 e. The first-order valence-electron chi connectivity index (χ1n) is 6.41. The Hall–Kier alpha value is -0.970. The van der Waals surface area contributed by atoms with Crippen LogP contribution in [0.2, 0.25) is 0 Å². The van der Waals surface area contributed by atoms with Crippen LogP contribution < -0.4 is 5.32 Å². The monoisotopic (exact) mass is 331 g/mol. The largest absolute Gasteiger partial charge is 0.352 e. The Bertz CT molecular complexity index is 469. The van der Waals surface area contributed by atoms with Crippen molar-refractivity contribution in [1.82, 2.24) is 5.32 Å². The molecule has 104 valence electrons. The molecule has 1 amide bonds. The lowest BCUT2D eigenvalue weighted by molar-refractivity contribution is 0.0936. The molecule has 0 radical (unpaired) electrons. The summed E-state index contributed by atoms with van der Waals surface area (Å²) in [6.45, 7) is 2.62. The van der Waals surface area contributed by atoms with Crippen molar-refractivity contribution in [3.05, 3.63) is 33.8 Å². The number of benzene rings is 1. The highest BCUT2D eigenvalue weighted by Crippen LogP contribution is 2.30. The molecule has 1 aromatic rings. The summed E-state index contributed by atoms with van der Waals surface area (Å²) >= 11 is 2.99. The normalized spacial score (nSPS) is 22.5. The van der Waals surface area contributed by atoms with E-state index in [0.29, 0.717) is 18.4 Å². The third kappa shape index (κ3) is 3.32. The predicted octanol–water partition coefficient (Wildman–Crippen LogP) is 3.89. The molecule has 19 heavy (non-hydrogen) atoms. The van der Waals surface area contributed by atoms with Gasteiger partial charge in [-0.15, -0.1) is 0 Å². The van der Waals surface area contributed by atoms with E-state index in [2.05, 4.69) is 28.2 Å². The second kappa shape index (κ2) is 5.99. The summed E-state index contributed by atoms with van der Waals surface area (Å²) in [4.78, 5) is 11.9. The van der Waals surface area contributed by atoms with Gasteiger partial charge in [0, 0.05) is 11.0 Å². The van der Waals surface area contributed by atoms with Crippen LogP contribution in [0.25, 0.3) is 0 Å². The predicted molar refractivity (Wildman–Crippen MR) is 72.9 cm³/mol. The van der Waals surface area contributed by atoms with Crippen LogP contribution >= 0.6 is 15.9 Å². The molecular weight excluding hydrogens is 316 g/mol. The third-order valence-electron chi connectivity index (χ3n) is 3.80. The van der Waals surface area contributed by atoms with Crippen molar-refractivity contribution in [2.75, 3.05) is 6.54 Å². The molecule has 2 nitrogen and oxygen atoms in total. The van der Waals surface area contributed by atoms with Crippen molar-refractivity contribution < 1.29 is 13.6 Å². The van der Waals surface area contributed by atoms with Crippen LogP contribution in [0, 0.1) is 23.5 Å². The average molecular weight is 332 g/mol. The molecule has 1 saturated carbocycles. The topological polar surface area (TPSA) is 29.1 Å². The first-order valence-corrected chi connectivity index (χ1v) is 7.21. The molecule has 0 bridgehead atoms. The van der Waals surface area contributed by atoms with Gasteiger partial charge < -0.3 is 5.32 Å². The Morgan fingerprint density at radius 2 is 2.00 bits per heavy atom. The van der Waals surface area contributed by atoms with Crippen molar-refractivity contribution in [2.24, 2.45) is 11.8 Å². The Morgan fingerprint density at radius 3 is 2.53 bits per heavy atom. The molecule has 2 rings (SSSR count). The zero-order chi connectivity index (χ0) is 14.0. The van der Waals surface area contributed by atoms with E-state index in [4.69, 9.17) is 0 Å². The molecule has 1 aliphatic carbocycles. The molecule has 0 saturated heterocycles. The van der Waals surface area contributed by atoms with Crippen molar-refractivity contribution >= 4 is 21.8 Å². The lowest BCUT2D eigenvalue weighted by atomic mass is 9.98. The summed E-state index contributed by atoms with van der Waals surface area (Å²) in [6.07, 6.45) is 3.37. The van der Waals surface area contributed by atoms with Crippen molar-refractivity contribution in [2.45, 2.75) is 26.2 Å². The van der Waals surface area contributed by atoms with E-state index in [9.17, 15) is 13.6 Å². The number of amides is 1. The van der Waals surface area contributed by atoms with Gasteiger partial charge in [-0.1, -0.05) is 35.7 Å². The van der Waals surface area contributed by atoms with E-state index in [1.165, 1.54) is 0 Å². The van der Waals surface area contributed by atoms with E-state index in [-0.39, 0.29) is 4.47 Å². The third-order valence-corrected chi connectivity index (χ3v) is 4.26.